The number of halogens is 1. The Hall–Kier alpha value is -1.08. The first-order chi connectivity index (χ1) is 9.29. The molecule has 0 heterocycles. The molecule has 0 spiro atoms. The van der Waals surface area contributed by atoms with Gasteiger partial charge in [0.1, 0.15) is 5.75 Å². The minimum atomic E-state index is -3.44. The lowest BCUT2D eigenvalue weighted by Gasteiger charge is -2.12. The van der Waals surface area contributed by atoms with E-state index in [0.29, 0.717) is 11.3 Å². The number of rotatable bonds is 6. The Kier molecular flexibility index (Phi) is 6.01. The molecule has 7 heteroatoms. The summed E-state index contributed by atoms with van der Waals surface area (Å²) in [6.07, 6.45) is 0. The normalized spacial score (nSPS) is 12.8. The van der Waals surface area contributed by atoms with Crippen molar-refractivity contribution in [3.05, 3.63) is 28.2 Å². The predicted octanol–water partition coefficient (Wildman–Crippen LogP) is 2.18. The second kappa shape index (κ2) is 7.08. The molecule has 0 amide bonds. The highest BCUT2D eigenvalue weighted by molar-refractivity contribution is 9.10. The third-order valence-corrected chi connectivity index (χ3v) is 4.98. The summed E-state index contributed by atoms with van der Waals surface area (Å²) in [4.78, 5) is 11.3. The first kappa shape index (κ1) is 17.0. The van der Waals surface area contributed by atoms with Gasteiger partial charge in [0.15, 0.2) is 9.84 Å². The van der Waals surface area contributed by atoms with E-state index in [1.807, 2.05) is 0 Å². The van der Waals surface area contributed by atoms with Gasteiger partial charge < -0.3 is 9.47 Å². The molecule has 0 aliphatic heterocycles. The standard InChI is InChI=1S/C13H17BrO5S/c1-9(13(15)19-3)7-20(16,17)8-10-6-11(14)4-5-12(10)18-2/h4-6,9H,7-8H2,1-3H3. The van der Waals surface area contributed by atoms with Gasteiger partial charge in [-0.3, -0.25) is 4.79 Å². The molecule has 1 aromatic rings. The van der Waals surface area contributed by atoms with Crippen LogP contribution in [-0.4, -0.2) is 34.4 Å². The predicted molar refractivity (Wildman–Crippen MR) is 79.4 cm³/mol. The molecule has 0 aliphatic carbocycles. The zero-order valence-electron chi connectivity index (χ0n) is 11.6. The zero-order chi connectivity index (χ0) is 15.3. The molecular weight excluding hydrogens is 348 g/mol. The molecule has 1 unspecified atom stereocenters. The quantitative estimate of drug-likeness (QED) is 0.723. The van der Waals surface area contributed by atoms with Gasteiger partial charge in [0.05, 0.1) is 31.6 Å². The fourth-order valence-electron chi connectivity index (χ4n) is 1.81. The van der Waals surface area contributed by atoms with Crippen molar-refractivity contribution in [1.82, 2.24) is 0 Å². The SMILES string of the molecule is COC(=O)C(C)CS(=O)(=O)Cc1cc(Br)ccc1OC. The molecular formula is C13H17BrO5S. The number of esters is 1. The average Bonchev–Trinajstić information content (AvgIpc) is 2.36. The van der Waals surface area contributed by atoms with Crippen LogP contribution in [0.5, 0.6) is 5.75 Å². The van der Waals surface area contributed by atoms with E-state index in [1.165, 1.54) is 21.1 Å². The smallest absolute Gasteiger partial charge is 0.309 e. The summed E-state index contributed by atoms with van der Waals surface area (Å²) in [5.74, 6) is -1.16. The van der Waals surface area contributed by atoms with Gasteiger partial charge in [-0.05, 0) is 18.2 Å². The van der Waals surface area contributed by atoms with E-state index in [0.717, 1.165) is 4.47 Å². The van der Waals surface area contributed by atoms with Gasteiger partial charge >= 0.3 is 5.97 Å². The van der Waals surface area contributed by atoms with Gasteiger partial charge in [-0.1, -0.05) is 22.9 Å². The number of carbonyl (C=O) groups is 1. The maximum atomic E-state index is 12.1. The van der Waals surface area contributed by atoms with E-state index in [2.05, 4.69) is 20.7 Å². The van der Waals surface area contributed by atoms with Crippen LogP contribution >= 0.6 is 15.9 Å². The molecule has 0 aliphatic rings. The van der Waals surface area contributed by atoms with E-state index in [1.54, 1.807) is 18.2 Å². The van der Waals surface area contributed by atoms with Crippen LogP contribution in [-0.2, 0) is 25.1 Å². The highest BCUT2D eigenvalue weighted by atomic mass is 79.9. The summed E-state index contributed by atoms with van der Waals surface area (Å²) in [6, 6.07) is 5.16. The molecule has 0 saturated carbocycles. The van der Waals surface area contributed by atoms with E-state index < -0.39 is 21.7 Å². The Balaban J connectivity index is 2.91. The van der Waals surface area contributed by atoms with Crippen LogP contribution in [0.4, 0.5) is 0 Å². The van der Waals surface area contributed by atoms with Gasteiger partial charge in [-0.15, -0.1) is 0 Å². The second-order valence-corrected chi connectivity index (χ2v) is 7.46. The number of benzene rings is 1. The third-order valence-electron chi connectivity index (χ3n) is 2.73. The van der Waals surface area contributed by atoms with Crippen LogP contribution in [0.2, 0.25) is 0 Å². The molecule has 112 valence electrons. The van der Waals surface area contributed by atoms with Crippen LogP contribution in [0.1, 0.15) is 12.5 Å². The van der Waals surface area contributed by atoms with Gasteiger partial charge in [-0.25, -0.2) is 8.42 Å². The topological polar surface area (TPSA) is 69.7 Å². The lowest BCUT2D eigenvalue weighted by molar-refractivity contribution is -0.144. The number of carbonyl (C=O) groups excluding carboxylic acids is 1. The van der Waals surface area contributed by atoms with Gasteiger partial charge in [0.2, 0.25) is 0 Å². The molecule has 0 saturated heterocycles. The monoisotopic (exact) mass is 364 g/mol. The largest absolute Gasteiger partial charge is 0.496 e. The number of sulfone groups is 1. The highest BCUT2D eigenvalue weighted by Gasteiger charge is 2.23. The Morgan fingerprint density at radius 1 is 1.35 bits per heavy atom. The molecule has 5 nitrogen and oxygen atoms in total. The first-order valence-corrected chi connectivity index (χ1v) is 8.51. The molecule has 1 rings (SSSR count). The summed E-state index contributed by atoms with van der Waals surface area (Å²) in [5, 5.41) is 0. The van der Waals surface area contributed by atoms with Crippen LogP contribution in [0.3, 0.4) is 0 Å². The van der Waals surface area contributed by atoms with E-state index >= 15 is 0 Å². The van der Waals surface area contributed by atoms with Gasteiger partial charge in [0, 0.05) is 10.0 Å². The fraction of sp³-hybridized carbons (Fsp3) is 0.462. The Bertz CT molecular complexity index is 582. The van der Waals surface area contributed by atoms with E-state index in [4.69, 9.17) is 4.74 Å². The minimum Gasteiger partial charge on any atom is -0.496 e. The van der Waals surface area contributed by atoms with Gasteiger partial charge in [0.25, 0.3) is 0 Å². The zero-order valence-corrected chi connectivity index (χ0v) is 14.0. The van der Waals surface area contributed by atoms with Crippen molar-refractivity contribution in [1.29, 1.82) is 0 Å². The van der Waals surface area contributed by atoms with Crippen molar-refractivity contribution in [2.45, 2.75) is 12.7 Å². The average molecular weight is 365 g/mol. The molecule has 0 fully saturated rings. The molecule has 0 N–H and O–H groups in total. The molecule has 0 bridgehead atoms. The van der Waals surface area contributed by atoms with Crippen molar-refractivity contribution in [2.24, 2.45) is 5.92 Å². The number of hydrogen-bond donors (Lipinski definition) is 0. The van der Waals surface area contributed by atoms with Crippen molar-refractivity contribution in [3.8, 4) is 5.75 Å². The lowest BCUT2D eigenvalue weighted by atomic mass is 10.2. The summed E-state index contributed by atoms with van der Waals surface area (Å²) in [6.45, 7) is 1.53. The third kappa shape index (κ3) is 4.79. The molecule has 1 aromatic carbocycles. The molecule has 1 atom stereocenters. The van der Waals surface area contributed by atoms with Crippen molar-refractivity contribution < 1.29 is 22.7 Å². The summed E-state index contributed by atoms with van der Waals surface area (Å²) in [5.41, 5.74) is 0.555. The van der Waals surface area contributed by atoms with E-state index in [-0.39, 0.29) is 11.5 Å². The fourth-order valence-corrected chi connectivity index (χ4v) is 3.93. The summed E-state index contributed by atoms with van der Waals surface area (Å²) in [7, 11) is -0.719. The van der Waals surface area contributed by atoms with Crippen LogP contribution < -0.4 is 4.74 Å². The number of methoxy groups -OCH3 is 2. The molecule has 20 heavy (non-hydrogen) atoms. The van der Waals surface area contributed by atoms with Crippen LogP contribution in [0.25, 0.3) is 0 Å². The van der Waals surface area contributed by atoms with Crippen LogP contribution in [0, 0.1) is 5.92 Å². The highest BCUT2D eigenvalue weighted by Crippen LogP contribution is 2.25. The first-order valence-electron chi connectivity index (χ1n) is 5.89. The Morgan fingerprint density at radius 2 is 2.00 bits per heavy atom. The number of hydrogen-bond acceptors (Lipinski definition) is 5. The van der Waals surface area contributed by atoms with Crippen LogP contribution in [0.15, 0.2) is 22.7 Å². The lowest BCUT2D eigenvalue weighted by Crippen LogP contribution is -2.23. The van der Waals surface area contributed by atoms with Crippen molar-refractivity contribution >= 4 is 31.7 Å². The summed E-state index contributed by atoms with van der Waals surface area (Å²) >= 11 is 3.29. The van der Waals surface area contributed by atoms with Crippen molar-refractivity contribution in [2.75, 3.05) is 20.0 Å². The van der Waals surface area contributed by atoms with Crippen molar-refractivity contribution in [3.63, 3.8) is 0 Å². The minimum absolute atomic E-state index is 0.184. The Labute approximate surface area is 127 Å². The maximum absolute atomic E-state index is 12.1. The number of ether oxygens (including phenoxy) is 2. The molecule has 0 radical (unpaired) electrons. The maximum Gasteiger partial charge on any atom is 0.309 e. The second-order valence-electron chi connectivity index (χ2n) is 4.43. The molecule has 0 aromatic heterocycles. The van der Waals surface area contributed by atoms with E-state index in [9.17, 15) is 13.2 Å². The summed E-state index contributed by atoms with van der Waals surface area (Å²) < 4.78 is 34.7. The van der Waals surface area contributed by atoms with Gasteiger partial charge in [-0.2, -0.15) is 0 Å². The Morgan fingerprint density at radius 3 is 2.55 bits per heavy atom.